The summed E-state index contributed by atoms with van der Waals surface area (Å²) >= 11 is 0. The number of amides is 2. The van der Waals surface area contributed by atoms with Crippen LogP contribution in [0.5, 0.6) is 5.75 Å². The molecule has 4 rings (SSSR count). The van der Waals surface area contributed by atoms with Gasteiger partial charge in [0.2, 0.25) is 5.91 Å². The van der Waals surface area contributed by atoms with Crippen LogP contribution in [0, 0.1) is 23.7 Å². The van der Waals surface area contributed by atoms with E-state index in [1.54, 1.807) is 24.5 Å². The fourth-order valence-corrected chi connectivity index (χ4v) is 4.26. The lowest BCUT2D eigenvalue weighted by Crippen LogP contribution is -2.47. The molecular formula is C27H28N4O3. The Morgan fingerprint density at radius 1 is 1.24 bits per heavy atom. The van der Waals surface area contributed by atoms with Crippen molar-refractivity contribution >= 4 is 17.5 Å². The van der Waals surface area contributed by atoms with Gasteiger partial charge in [0, 0.05) is 36.8 Å². The van der Waals surface area contributed by atoms with Gasteiger partial charge < -0.3 is 10.1 Å². The molecule has 0 saturated heterocycles. The van der Waals surface area contributed by atoms with Crippen LogP contribution in [0.15, 0.2) is 60.0 Å². The minimum absolute atomic E-state index is 0.0180. The number of hydrogen-bond acceptors (Lipinski definition) is 5. The Morgan fingerprint density at radius 3 is 2.74 bits per heavy atom. The van der Waals surface area contributed by atoms with Gasteiger partial charge in [-0.3, -0.25) is 14.6 Å². The minimum Gasteiger partial charge on any atom is -0.495 e. The maximum Gasteiger partial charge on any atom is 0.296 e. The maximum absolute atomic E-state index is 13.0. The molecule has 7 heteroatoms. The average Bonchev–Trinajstić information content (AvgIpc) is 2.87. The van der Waals surface area contributed by atoms with Gasteiger partial charge in [0.1, 0.15) is 5.75 Å². The first-order chi connectivity index (χ1) is 16.5. The average molecular weight is 457 g/mol. The second-order valence-corrected chi connectivity index (χ2v) is 8.63. The molecular weight excluding hydrogens is 428 g/mol. The number of nitrogens with one attached hydrogen (secondary N) is 1. The van der Waals surface area contributed by atoms with Crippen molar-refractivity contribution < 1.29 is 14.3 Å². The number of carbonyl (C=O) groups excluding carboxylic acids is 2. The molecule has 1 aliphatic heterocycles. The Morgan fingerprint density at radius 2 is 2.03 bits per heavy atom. The van der Waals surface area contributed by atoms with Crippen molar-refractivity contribution in [1.82, 2.24) is 15.3 Å². The number of nitrogens with zero attached hydrogens (tertiary/aromatic N) is 3. The van der Waals surface area contributed by atoms with E-state index in [4.69, 9.17) is 9.84 Å². The normalized spacial score (nSPS) is 19.1. The van der Waals surface area contributed by atoms with Crippen LogP contribution < -0.4 is 10.1 Å². The number of pyridine rings is 1. The lowest BCUT2D eigenvalue weighted by atomic mass is 9.76. The highest BCUT2D eigenvalue weighted by Gasteiger charge is 2.40. The maximum atomic E-state index is 13.0. The van der Waals surface area contributed by atoms with Gasteiger partial charge in [0.25, 0.3) is 5.91 Å². The molecule has 34 heavy (non-hydrogen) atoms. The number of hydrogen-bond donors (Lipinski definition) is 1. The van der Waals surface area contributed by atoms with Crippen molar-refractivity contribution in [3.63, 3.8) is 0 Å². The third kappa shape index (κ3) is 5.01. The predicted molar refractivity (Wildman–Crippen MR) is 130 cm³/mol. The van der Waals surface area contributed by atoms with Gasteiger partial charge in [-0.2, -0.15) is 5.10 Å². The summed E-state index contributed by atoms with van der Waals surface area (Å²) in [5.74, 6) is 5.75. The van der Waals surface area contributed by atoms with Gasteiger partial charge in [-0.05, 0) is 62.1 Å². The lowest BCUT2D eigenvalue weighted by Gasteiger charge is -2.38. The quantitative estimate of drug-likeness (QED) is 0.553. The van der Waals surface area contributed by atoms with Gasteiger partial charge in [0.15, 0.2) is 0 Å². The summed E-state index contributed by atoms with van der Waals surface area (Å²) in [7, 11) is 1.57. The molecule has 0 saturated carbocycles. The van der Waals surface area contributed by atoms with Crippen molar-refractivity contribution in [3.8, 4) is 17.6 Å². The van der Waals surface area contributed by atoms with E-state index in [-0.39, 0.29) is 29.7 Å². The van der Waals surface area contributed by atoms with E-state index in [1.165, 1.54) is 0 Å². The Hall–Kier alpha value is -3.92. The number of allylic oxidation sites excluding steroid dienone is 2. The summed E-state index contributed by atoms with van der Waals surface area (Å²) < 4.78 is 5.47. The highest BCUT2D eigenvalue weighted by molar-refractivity contribution is 6.07. The molecule has 1 aliphatic carbocycles. The van der Waals surface area contributed by atoms with Gasteiger partial charge in [-0.25, -0.2) is 5.01 Å². The van der Waals surface area contributed by atoms with E-state index in [2.05, 4.69) is 34.3 Å². The summed E-state index contributed by atoms with van der Waals surface area (Å²) in [6.07, 6.45) is 9.06. The molecule has 7 nitrogen and oxygen atoms in total. The second-order valence-electron chi connectivity index (χ2n) is 8.63. The minimum atomic E-state index is -0.389. The SMILES string of the molecule is COc1ccc(C2=NN(C(C)C)C(=O)[C@@H]3CC=CC[C@H]23)cc1C#CC(=O)NCc1cccnc1. The molecule has 0 spiro atoms. The highest BCUT2D eigenvalue weighted by atomic mass is 16.5. The van der Waals surface area contributed by atoms with E-state index in [1.807, 2.05) is 44.2 Å². The Labute approximate surface area is 199 Å². The molecule has 0 fully saturated rings. The van der Waals surface area contributed by atoms with Crippen LogP contribution in [0.3, 0.4) is 0 Å². The summed E-state index contributed by atoms with van der Waals surface area (Å²) in [6.45, 7) is 4.28. The van der Waals surface area contributed by atoms with Crippen LogP contribution in [0.2, 0.25) is 0 Å². The third-order valence-electron chi connectivity index (χ3n) is 6.01. The molecule has 0 radical (unpaired) electrons. The van der Waals surface area contributed by atoms with E-state index in [0.717, 1.165) is 23.3 Å². The number of fused-ring (bicyclic) bond motifs is 1. The number of benzene rings is 1. The first-order valence-corrected chi connectivity index (χ1v) is 11.4. The highest BCUT2D eigenvalue weighted by Crippen LogP contribution is 2.36. The molecule has 1 aromatic carbocycles. The molecule has 2 amide bonds. The Kier molecular flexibility index (Phi) is 7.07. The second kappa shape index (κ2) is 10.3. The van der Waals surface area contributed by atoms with Crippen molar-refractivity contribution in [3.05, 3.63) is 71.6 Å². The predicted octanol–water partition coefficient (Wildman–Crippen LogP) is 3.30. The molecule has 1 N–H and O–H groups in total. The summed E-state index contributed by atoms with van der Waals surface area (Å²) in [4.78, 5) is 29.3. The zero-order valence-electron chi connectivity index (χ0n) is 19.6. The van der Waals surface area contributed by atoms with Gasteiger partial charge >= 0.3 is 0 Å². The van der Waals surface area contributed by atoms with Gasteiger partial charge in [0.05, 0.1) is 24.3 Å². The Bertz CT molecular complexity index is 1190. The van der Waals surface area contributed by atoms with Crippen molar-refractivity contribution in [2.75, 3.05) is 7.11 Å². The summed E-state index contributed by atoms with van der Waals surface area (Å²) in [6, 6.07) is 9.34. The van der Waals surface area contributed by atoms with E-state index in [0.29, 0.717) is 24.3 Å². The first-order valence-electron chi connectivity index (χ1n) is 11.4. The van der Waals surface area contributed by atoms with Gasteiger partial charge in [-0.1, -0.05) is 24.1 Å². The zero-order valence-corrected chi connectivity index (χ0v) is 19.6. The molecule has 2 aromatic rings. The number of rotatable bonds is 5. The zero-order chi connectivity index (χ0) is 24.1. The summed E-state index contributed by atoms with van der Waals surface area (Å²) in [5.41, 5.74) is 3.24. The molecule has 2 atom stereocenters. The van der Waals surface area contributed by atoms with Crippen molar-refractivity contribution in [1.29, 1.82) is 0 Å². The topological polar surface area (TPSA) is 83.9 Å². The van der Waals surface area contributed by atoms with Crippen LogP contribution >= 0.6 is 0 Å². The van der Waals surface area contributed by atoms with Crippen LogP contribution in [0.25, 0.3) is 0 Å². The van der Waals surface area contributed by atoms with Crippen molar-refractivity contribution in [2.45, 2.75) is 39.3 Å². The molecule has 2 heterocycles. The van der Waals surface area contributed by atoms with Crippen LogP contribution in [-0.2, 0) is 16.1 Å². The molecule has 174 valence electrons. The Balaban J connectivity index is 1.61. The van der Waals surface area contributed by atoms with Crippen LogP contribution in [0.1, 0.15) is 43.4 Å². The van der Waals surface area contributed by atoms with E-state index < -0.39 is 0 Å². The number of ether oxygens (including phenoxy) is 1. The fraction of sp³-hybridized carbons (Fsp3) is 0.333. The summed E-state index contributed by atoms with van der Waals surface area (Å²) in [5, 5.41) is 9.13. The van der Waals surface area contributed by atoms with E-state index >= 15 is 0 Å². The monoisotopic (exact) mass is 456 g/mol. The molecule has 0 unspecified atom stereocenters. The van der Waals surface area contributed by atoms with E-state index in [9.17, 15) is 9.59 Å². The smallest absolute Gasteiger partial charge is 0.296 e. The largest absolute Gasteiger partial charge is 0.495 e. The number of methoxy groups -OCH3 is 1. The van der Waals surface area contributed by atoms with Crippen molar-refractivity contribution in [2.24, 2.45) is 16.9 Å². The molecule has 0 bridgehead atoms. The third-order valence-corrected chi connectivity index (χ3v) is 6.01. The van der Waals surface area contributed by atoms with Gasteiger partial charge in [-0.15, -0.1) is 0 Å². The lowest BCUT2D eigenvalue weighted by molar-refractivity contribution is -0.139. The number of aromatic nitrogens is 1. The van der Waals surface area contributed by atoms with Crippen LogP contribution in [0.4, 0.5) is 0 Å². The molecule has 1 aromatic heterocycles. The van der Waals surface area contributed by atoms with Crippen LogP contribution in [-0.4, -0.2) is 40.7 Å². The number of hydrazone groups is 1. The molecule has 2 aliphatic rings. The fourth-order valence-electron chi connectivity index (χ4n) is 4.26. The first kappa shape index (κ1) is 23.2. The number of carbonyl (C=O) groups is 2. The standard InChI is InChI=1S/C27H28N4O3/c1-18(2)31-27(33)23-9-5-4-8-22(23)26(30-31)21-10-12-24(34-3)20(15-21)11-13-25(32)29-17-19-7-6-14-28-16-19/h4-7,10,12,14-16,18,22-23H,8-9,17H2,1-3H3,(H,29,32)/t22-,23+/m0/s1.